The summed E-state index contributed by atoms with van der Waals surface area (Å²) in [7, 11) is 1.83. The number of nitriles is 1. The minimum Gasteiger partial charge on any atom is -0.322 e. The molecule has 4 rings (SSSR count). The van der Waals surface area contributed by atoms with E-state index in [1.54, 1.807) is 16.2 Å². The van der Waals surface area contributed by atoms with Crippen LogP contribution in [0.25, 0.3) is 10.2 Å². The van der Waals surface area contributed by atoms with Gasteiger partial charge in [-0.05, 0) is 25.0 Å². The van der Waals surface area contributed by atoms with E-state index < -0.39 is 5.54 Å². The van der Waals surface area contributed by atoms with Crippen LogP contribution in [0.5, 0.6) is 0 Å². The molecule has 1 saturated heterocycles. The number of carbonyl (C=O) groups excluding carboxylic acids is 1. The first-order chi connectivity index (χ1) is 13.1. The number of rotatable bonds is 4. The normalized spacial score (nSPS) is 24.6. The highest BCUT2D eigenvalue weighted by Gasteiger charge is 2.41. The Bertz CT molecular complexity index is 831. The van der Waals surface area contributed by atoms with E-state index in [1.807, 2.05) is 19.2 Å². The molecule has 2 aromatic rings. The lowest BCUT2D eigenvalue weighted by atomic mass is 9.81. The highest BCUT2D eigenvalue weighted by Crippen LogP contribution is 2.32. The van der Waals surface area contributed by atoms with Gasteiger partial charge in [-0.15, -0.1) is 11.3 Å². The number of likely N-dealkylation sites (tertiary alicyclic amines) is 1. The molecule has 1 aromatic heterocycles. The lowest BCUT2D eigenvalue weighted by Crippen LogP contribution is -3.11. The zero-order valence-corrected chi connectivity index (χ0v) is 16.7. The number of benzene rings is 1. The highest BCUT2D eigenvalue weighted by molar-refractivity contribution is 7.18. The highest BCUT2D eigenvalue weighted by atomic mass is 32.1. The summed E-state index contributed by atoms with van der Waals surface area (Å²) in [5.74, 6) is 0.0986. The van der Waals surface area contributed by atoms with Gasteiger partial charge in [-0.3, -0.25) is 4.79 Å². The summed E-state index contributed by atoms with van der Waals surface area (Å²) in [6.45, 7) is 1.46. The third-order valence-corrected chi connectivity index (χ3v) is 7.53. The number of fused-ring (bicyclic) bond motifs is 1. The molecule has 1 aliphatic carbocycles. The minimum absolute atomic E-state index is 0.0986. The quantitative estimate of drug-likeness (QED) is 0.883. The van der Waals surface area contributed by atoms with Crippen LogP contribution in [0.2, 0.25) is 0 Å². The number of hydrogen-bond donors (Lipinski definition) is 1. The monoisotopic (exact) mass is 383 g/mol. The molecule has 1 aromatic carbocycles. The molecule has 27 heavy (non-hydrogen) atoms. The molecule has 0 radical (unpaired) electrons. The predicted molar refractivity (Wildman–Crippen MR) is 106 cm³/mol. The van der Waals surface area contributed by atoms with E-state index in [1.165, 1.54) is 16.0 Å². The van der Waals surface area contributed by atoms with Crippen LogP contribution in [0.15, 0.2) is 24.3 Å². The summed E-state index contributed by atoms with van der Waals surface area (Å²) in [4.78, 5) is 20.9. The van der Waals surface area contributed by atoms with Gasteiger partial charge < -0.3 is 9.80 Å². The summed E-state index contributed by atoms with van der Waals surface area (Å²) in [5, 5.41) is 10.9. The van der Waals surface area contributed by atoms with Gasteiger partial charge in [-0.25, -0.2) is 4.98 Å². The topological polar surface area (TPSA) is 61.4 Å². The molecular formula is C21H27N4OS+. The van der Waals surface area contributed by atoms with Crippen molar-refractivity contribution in [3.05, 3.63) is 29.3 Å². The number of quaternary nitrogens is 1. The maximum Gasteiger partial charge on any atom is 0.278 e. The first-order valence-corrected chi connectivity index (χ1v) is 10.8. The first-order valence-electron chi connectivity index (χ1n) is 10.0. The van der Waals surface area contributed by atoms with Gasteiger partial charge in [0.2, 0.25) is 0 Å². The van der Waals surface area contributed by atoms with Crippen molar-refractivity contribution in [2.24, 2.45) is 0 Å². The summed E-state index contributed by atoms with van der Waals surface area (Å²) in [5.41, 5.74) is 0.456. The Kier molecular flexibility index (Phi) is 5.16. The Morgan fingerprint density at radius 3 is 2.85 bits per heavy atom. The molecule has 2 aliphatic rings. The second-order valence-electron chi connectivity index (χ2n) is 7.96. The van der Waals surface area contributed by atoms with Gasteiger partial charge in [-0.2, -0.15) is 5.26 Å². The number of nitrogens with zero attached hydrogens (tertiary/aromatic N) is 3. The number of nitrogens with one attached hydrogen (secondary N) is 1. The first kappa shape index (κ1) is 18.4. The van der Waals surface area contributed by atoms with Gasteiger partial charge in [-0.1, -0.05) is 31.4 Å². The fourth-order valence-corrected chi connectivity index (χ4v) is 5.83. The molecule has 2 fully saturated rings. The minimum atomic E-state index is -0.597. The molecular weight excluding hydrogens is 356 g/mol. The number of amides is 1. The van der Waals surface area contributed by atoms with Crippen LogP contribution in [-0.2, 0) is 4.79 Å². The lowest BCUT2D eigenvalue weighted by Gasteiger charge is -2.39. The Morgan fingerprint density at radius 1 is 1.33 bits per heavy atom. The molecule has 142 valence electrons. The Morgan fingerprint density at radius 2 is 2.11 bits per heavy atom. The SMILES string of the molecule is CN(C(=O)C[NH+]1CCC[C@@H]1c1nc2ccccc2s1)C1(C#N)CCCCC1. The molecule has 5 nitrogen and oxygen atoms in total. The largest absolute Gasteiger partial charge is 0.322 e. The Hall–Kier alpha value is -1.97. The number of thiazole rings is 1. The Balaban J connectivity index is 1.49. The predicted octanol–water partition coefficient (Wildman–Crippen LogP) is 2.70. The number of aromatic nitrogens is 1. The van der Waals surface area contributed by atoms with Gasteiger partial charge in [0.25, 0.3) is 5.91 Å². The fraction of sp³-hybridized carbons (Fsp3) is 0.571. The van der Waals surface area contributed by atoms with Crippen molar-refractivity contribution in [2.75, 3.05) is 20.1 Å². The van der Waals surface area contributed by atoms with Gasteiger partial charge in [0.05, 0.1) is 22.8 Å². The molecule has 2 atom stereocenters. The number of para-hydroxylation sites is 1. The van der Waals surface area contributed by atoms with Gasteiger partial charge in [0.1, 0.15) is 11.6 Å². The van der Waals surface area contributed by atoms with Crippen LogP contribution in [-0.4, -0.2) is 41.5 Å². The van der Waals surface area contributed by atoms with E-state index in [9.17, 15) is 10.1 Å². The number of likely N-dealkylation sites (N-methyl/N-ethyl adjacent to an activating group) is 1. The van der Waals surface area contributed by atoms with Gasteiger partial charge in [0.15, 0.2) is 11.6 Å². The molecule has 1 aliphatic heterocycles. The number of carbonyl (C=O) groups is 1. The molecule has 1 unspecified atom stereocenters. The van der Waals surface area contributed by atoms with Crippen LogP contribution >= 0.6 is 11.3 Å². The van der Waals surface area contributed by atoms with E-state index in [-0.39, 0.29) is 5.91 Å². The van der Waals surface area contributed by atoms with Crippen molar-refractivity contribution in [1.29, 1.82) is 5.26 Å². The van der Waals surface area contributed by atoms with Gasteiger partial charge >= 0.3 is 0 Å². The van der Waals surface area contributed by atoms with Crippen molar-refractivity contribution in [3.8, 4) is 6.07 Å². The van der Waals surface area contributed by atoms with E-state index in [0.29, 0.717) is 12.6 Å². The lowest BCUT2D eigenvalue weighted by molar-refractivity contribution is -0.910. The van der Waals surface area contributed by atoms with Crippen LogP contribution in [0.3, 0.4) is 0 Å². The maximum atomic E-state index is 13.0. The molecule has 6 heteroatoms. The van der Waals surface area contributed by atoms with E-state index in [2.05, 4.69) is 18.2 Å². The van der Waals surface area contributed by atoms with Crippen molar-refractivity contribution in [3.63, 3.8) is 0 Å². The van der Waals surface area contributed by atoms with Crippen molar-refractivity contribution >= 4 is 27.5 Å². The Labute approximate surface area is 164 Å². The smallest absolute Gasteiger partial charge is 0.278 e. The standard InChI is InChI=1S/C21H26N4OS/c1-24(21(15-22)11-5-2-6-12-21)19(26)14-25-13-7-9-17(25)20-23-16-8-3-4-10-18(16)27-20/h3-4,8,10,17H,2,5-7,9,11-14H2,1H3/p+1/t17-/m1/s1. The molecule has 2 heterocycles. The van der Waals surface area contributed by atoms with E-state index in [4.69, 9.17) is 4.98 Å². The molecule has 1 saturated carbocycles. The van der Waals surface area contributed by atoms with Gasteiger partial charge in [0, 0.05) is 19.9 Å². The summed E-state index contributed by atoms with van der Waals surface area (Å²) >= 11 is 1.76. The summed E-state index contributed by atoms with van der Waals surface area (Å²) in [6, 6.07) is 11.0. The van der Waals surface area contributed by atoms with Crippen molar-refractivity contribution in [2.45, 2.75) is 56.5 Å². The van der Waals surface area contributed by atoms with Crippen LogP contribution in [0, 0.1) is 11.3 Å². The average Bonchev–Trinajstić information content (AvgIpc) is 3.34. The number of hydrogen-bond acceptors (Lipinski definition) is 4. The zero-order chi connectivity index (χ0) is 18.9. The molecule has 1 amide bonds. The third-order valence-electron chi connectivity index (χ3n) is 6.38. The van der Waals surface area contributed by atoms with Crippen LogP contribution in [0.4, 0.5) is 0 Å². The maximum absolute atomic E-state index is 13.0. The fourth-order valence-electron chi connectivity index (χ4n) is 4.67. The van der Waals surface area contributed by atoms with Crippen molar-refractivity contribution < 1.29 is 9.69 Å². The molecule has 0 spiro atoms. The second-order valence-corrected chi connectivity index (χ2v) is 9.02. The summed E-state index contributed by atoms with van der Waals surface area (Å²) < 4.78 is 1.22. The molecule has 0 bridgehead atoms. The van der Waals surface area contributed by atoms with E-state index >= 15 is 0 Å². The second kappa shape index (κ2) is 7.57. The van der Waals surface area contributed by atoms with Crippen LogP contribution < -0.4 is 4.90 Å². The molecule has 1 N–H and O–H groups in total. The van der Waals surface area contributed by atoms with Crippen molar-refractivity contribution in [1.82, 2.24) is 9.88 Å². The zero-order valence-electron chi connectivity index (χ0n) is 15.9. The third kappa shape index (κ3) is 3.46. The van der Waals surface area contributed by atoms with Crippen LogP contribution in [0.1, 0.15) is 56.0 Å². The summed E-state index contributed by atoms with van der Waals surface area (Å²) in [6.07, 6.45) is 7.06. The van der Waals surface area contributed by atoms with E-state index in [0.717, 1.165) is 55.6 Å². The average molecular weight is 384 g/mol.